The Balaban J connectivity index is 1.30. The van der Waals surface area contributed by atoms with Gasteiger partial charge in [-0.25, -0.2) is 4.79 Å². The summed E-state index contributed by atoms with van der Waals surface area (Å²) >= 11 is 0. The third kappa shape index (κ3) is 5.07. The van der Waals surface area contributed by atoms with Gasteiger partial charge in [0.05, 0.1) is 5.92 Å². The van der Waals surface area contributed by atoms with E-state index in [2.05, 4.69) is 12.1 Å². The molecule has 37 heavy (non-hydrogen) atoms. The second-order valence-electron chi connectivity index (χ2n) is 10.8. The Labute approximate surface area is 220 Å². The predicted octanol–water partition coefficient (Wildman–Crippen LogP) is 6.40. The minimum atomic E-state index is -0.198. The molecule has 1 saturated heterocycles. The molecule has 1 saturated carbocycles. The number of hydrogen-bond acceptors (Lipinski definition) is 5. The molecule has 6 heteroatoms. The summed E-state index contributed by atoms with van der Waals surface area (Å²) in [5.41, 5.74) is 3.74. The van der Waals surface area contributed by atoms with E-state index in [0.29, 0.717) is 19.1 Å². The molecule has 5 rings (SSSR count). The lowest BCUT2D eigenvalue weighted by Crippen LogP contribution is -2.62. The largest absolute Gasteiger partial charge is 0.457 e. The fourth-order valence-corrected chi connectivity index (χ4v) is 7.00. The summed E-state index contributed by atoms with van der Waals surface area (Å²) < 4.78 is 17.1. The Morgan fingerprint density at radius 3 is 2.62 bits per heavy atom. The minimum absolute atomic E-state index is 0.0613. The van der Waals surface area contributed by atoms with E-state index in [-0.39, 0.29) is 36.2 Å². The van der Waals surface area contributed by atoms with Crippen LogP contribution >= 0.6 is 0 Å². The molecule has 1 amide bonds. The fraction of sp³-hybridized carbons (Fsp3) is 0.548. The molecule has 2 aliphatic carbocycles. The van der Waals surface area contributed by atoms with Crippen molar-refractivity contribution in [3.63, 3.8) is 0 Å². The van der Waals surface area contributed by atoms with Crippen molar-refractivity contribution in [1.82, 2.24) is 4.90 Å². The summed E-state index contributed by atoms with van der Waals surface area (Å²) in [7, 11) is 0. The molecule has 198 valence electrons. The third-order valence-electron chi connectivity index (χ3n) is 8.99. The fourth-order valence-electron chi connectivity index (χ4n) is 7.00. The molecule has 3 atom stereocenters. The van der Waals surface area contributed by atoms with E-state index in [1.807, 2.05) is 55.1 Å². The number of carbonyl (C=O) groups is 2. The highest BCUT2D eigenvalue weighted by Crippen LogP contribution is 2.56. The zero-order chi connectivity index (χ0) is 25.8. The number of benzene rings is 2. The first-order valence-electron chi connectivity index (χ1n) is 14.0. The number of amides is 1. The van der Waals surface area contributed by atoms with Crippen LogP contribution in [0, 0.1) is 11.8 Å². The number of ether oxygens (including phenoxy) is 3. The van der Waals surface area contributed by atoms with E-state index in [1.54, 1.807) is 0 Å². The average Bonchev–Trinajstić information content (AvgIpc) is 2.93. The summed E-state index contributed by atoms with van der Waals surface area (Å²) in [5.74, 6) is 0.909. The highest BCUT2D eigenvalue weighted by atomic mass is 16.7. The third-order valence-corrected chi connectivity index (χ3v) is 8.99. The standard InChI is InChI=1S/C31H39NO5/c1-3-23(4-2)29(33)37-21-36-25-14-13-24-18-28-26-12-8-9-15-31(26,27(24)19-25)16-17-32(28)30(34)35-20-22-10-6-5-7-11-22/h5-7,10-11,13-14,19,23,26,28H,3-4,8-9,12,15-18,20-21H2,1-2H3/t26-,28-,31+/m1/s1. The molecule has 1 aliphatic heterocycles. The highest BCUT2D eigenvalue weighted by Gasteiger charge is 2.55. The number of esters is 1. The second kappa shape index (κ2) is 11.2. The molecule has 0 unspecified atom stereocenters. The quantitative estimate of drug-likeness (QED) is 0.307. The lowest BCUT2D eigenvalue weighted by Gasteiger charge is -2.58. The molecule has 2 fully saturated rings. The van der Waals surface area contributed by atoms with Crippen molar-refractivity contribution in [2.75, 3.05) is 13.3 Å². The van der Waals surface area contributed by atoms with Crippen molar-refractivity contribution in [3.05, 3.63) is 65.2 Å². The smallest absolute Gasteiger partial charge is 0.410 e. The summed E-state index contributed by atoms with van der Waals surface area (Å²) in [6, 6.07) is 16.3. The molecular weight excluding hydrogens is 466 g/mol. The van der Waals surface area contributed by atoms with E-state index in [4.69, 9.17) is 14.2 Å². The molecule has 2 aromatic rings. The van der Waals surface area contributed by atoms with Gasteiger partial charge in [-0.2, -0.15) is 0 Å². The minimum Gasteiger partial charge on any atom is -0.457 e. The van der Waals surface area contributed by atoms with Crippen LogP contribution in [0.25, 0.3) is 0 Å². The van der Waals surface area contributed by atoms with Crippen LogP contribution in [0.4, 0.5) is 4.79 Å². The van der Waals surface area contributed by atoms with E-state index in [0.717, 1.165) is 49.8 Å². The second-order valence-corrected chi connectivity index (χ2v) is 10.8. The normalized spacial score (nSPS) is 24.1. The van der Waals surface area contributed by atoms with Crippen LogP contribution in [0.1, 0.15) is 75.5 Å². The number of rotatable bonds is 8. The Bertz CT molecular complexity index is 1100. The van der Waals surface area contributed by atoms with Gasteiger partial charge in [0.15, 0.2) is 0 Å². The van der Waals surface area contributed by atoms with Gasteiger partial charge in [0.25, 0.3) is 0 Å². The van der Waals surface area contributed by atoms with E-state index in [9.17, 15) is 9.59 Å². The molecular formula is C31H39NO5. The number of likely N-dealkylation sites (tertiary alicyclic amines) is 1. The van der Waals surface area contributed by atoms with Gasteiger partial charge in [-0.1, -0.05) is 63.1 Å². The number of fused-ring (bicyclic) bond motifs is 1. The lowest BCUT2D eigenvalue weighted by molar-refractivity contribution is -0.155. The maximum atomic E-state index is 13.2. The first kappa shape index (κ1) is 25.6. The van der Waals surface area contributed by atoms with Gasteiger partial charge in [0.2, 0.25) is 6.79 Å². The molecule has 0 radical (unpaired) electrons. The molecule has 1 heterocycles. The van der Waals surface area contributed by atoms with E-state index >= 15 is 0 Å². The van der Waals surface area contributed by atoms with Gasteiger partial charge < -0.3 is 19.1 Å². The van der Waals surface area contributed by atoms with Crippen molar-refractivity contribution in [1.29, 1.82) is 0 Å². The molecule has 3 aliphatic rings. The molecule has 6 nitrogen and oxygen atoms in total. The van der Waals surface area contributed by atoms with Crippen molar-refractivity contribution < 1.29 is 23.8 Å². The summed E-state index contributed by atoms with van der Waals surface area (Å²) in [6.45, 7) is 4.96. The van der Waals surface area contributed by atoms with Gasteiger partial charge in [-0.05, 0) is 73.3 Å². The number of carbonyl (C=O) groups excluding carboxylic acids is 2. The Morgan fingerprint density at radius 2 is 1.84 bits per heavy atom. The van der Waals surface area contributed by atoms with Crippen LogP contribution in [0.5, 0.6) is 5.75 Å². The van der Waals surface area contributed by atoms with Crippen molar-refractivity contribution in [2.24, 2.45) is 11.8 Å². The van der Waals surface area contributed by atoms with Crippen LogP contribution in [-0.2, 0) is 32.7 Å². The van der Waals surface area contributed by atoms with Crippen LogP contribution in [0.2, 0.25) is 0 Å². The van der Waals surface area contributed by atoms with Gasteiger partial charge in [0, 0.05) is 18.0 Å². The zero-order valence-corrected chi connectivity index (χ0v) is 22.1. The molecule has 2 aromatic carbocycles. The first-order chi connectivity index (χ1) is 18.1. The van der Waals surface area contributed by atoms with Gasteiger partial charge >= 0.3 is 12.1 Å². The Kier molecular flexibility index (Phi) is 7.73. The summed E-state index contributed by atoms with van der Waals surface area (Å²) in [5, 5.41) is 0. The number of hydrogen-bond donors (Lipinski definition) is 0. The lowest BCUT2D eigenvalue weighted by atomic mass is 9.52. The molecule has 0 N–H and O–H groups in total. The molecule has 0 spiro atoms. The van der Waals surface area contributed by atoms with E-state index in [1.165, 1.54) is 24.0 Å². The summed E-state index contributed by atoms with van der Waals surface area (Å²) in [4.78, 5) is 27.4. The van der Waals surface area contributed by atoms with Crippen LogP contribution in [-0.4, -0.2) is 36.3 Å². The van der Waals surface area contributed by atoms with Crippen LogP contribution in [0.15, 0.2) is 48.5 Å². The SMILES string of the molecule is CCC(CC)C(=O)OCOc1ccc2c(c1)[C@]13CCCC[C@@H]1[C@@H](C2)N(C(=O)OCc1ccccc1)CC3. The maximum Gasteiger partial charge on any atom is 0.410 e. The van der Waals surface area contributed by atoms with Gasteiger partial charge in [-0.3, -0.25) is 4.79 Å². The molecule has 2 bridgehead atoms. The summed E-state index contributed by atoms with van der Waals surface area (Å²) in [6.07, 6.45) is 7.81. The average molecular weight is 506 g/mol. The monoisotopic (exact) mass is 505 g/mol. The number of piperidine rings is 1. The predicted molar refractivity (Wildman–Crippen MR) is 141 cm³/mol. The maximum absolute atomic E-state index is 13.2. The van der Waals surface area contributed by atoms with Crippen molar-refractivity contribution in [3.8, 4) is 5.75 Å². The highest BCUT2D eigenvalue weighted by molar-refractivity contribution is 5.72. The van der Waals surface area contributed by atoms with Crippen LogP contribution < -0.4 is 4.74 Å². The van der Waals surface area contributed by atoms with Gasteiger partial charge in [0.1, 0.15) is 12.4 Å². The topological polar surface area (TPSA) is 65.1 Å². The van der Waals surface area contributed by atoms with Crippen LogP contribution in [0.3, 0.4) is 0 Å². The van der Waals surface area contributed by atoms with Crippen molar-refractivity contribution >= 4 is 12.1 Å². The number of nitrogens with zero attached hydrogens (tertiary/aromatic N) is 1. The van der Waals surface area contributed by atoms with Crippen molar-refractivity contribution in [2.45, 2.75) is 83.3 Å². The van der Waals surface area contributed by atoms with E-state index < -0.39 is 0 Å². The molecule has 0 aromatic heterocycles. The Hall–Kier alpha value is -3.02. The zero-order valence-electron chi connectivity index (χ0n) is 22.1. The van der Waals surface area contributed by atoms with Gasteiger partial charge in [-0.15, -0.1) is 0 Å². The first-order valence-corrected chi connectivity index (χ1v) is 14.0. The Morgan fingerprint density at radius 1 is 1.03 bits per heavy atom.